The lowest BCUT2D eigenvalue weighted by atomic mass is 10.1. The molecule has 18 heavy (non-hydrogen) atoms. The molecule has 0 aliphatic heterocycles. The second-order valence-electron chi connectivity index (χ2n) is 4.24. The molecule has 0 spiro atoms. The van der Waals surface area contributed by atoms with Crippen molar-refractivity contribution in [3.63, 3.8) is 0 Å². The summed E-state index contributed by atoms with van der Waals surface area (Å²) < 4.78 is 0. The van der Waals surface area contributed by atoms with Crippen LogP contribution < -0.4 is 11.1 Å². The maximum atomic E-state index is 5.74. The molecule has 0 saturated carbocycles. The number of nitrogens with zero attached hydrogens (tertiary/aromatic N) is 2. The van der Waals surface area contributed by atoms with Crippen molar-refractivity contribution in [2.24, 2.45) is 0 Å². The van der Waals surface area contributed by atoms with E-state index in [9.17, 15) is 0 Å². The molecule has 2 aromatic heterocycles. The number of pyridine rings is 2. The molecule has 0 bridgehead atoms. The van der Waals surface area contributed by atoms with Crippen molar-refractivity contribution in [3.05, 3.63) is 47.4 Å². The van der Waals surface area contributed by atoms with Crippen molar-refractivity contribution < 1.29 is 0 Å². The third-order valence-corrected chi connectivity index (χ3v) is 2.95. The Morgan fingerprint density at radius 3 is 2.89 bits per heavy atom. The van der Waals surface area contributed by atoms with E-state index in [0.29, 0.717) is 12.2 Å². The predicted molar refractivity (Wildman–Crippen MR) is 74.3 cm³/mol. The first-order valence-corrected chi connectivity index (χ1v) is 6.09. The molecule has 4 nitrogen and oxygen atoms in total. The molecule has 0 amide bonds. The summed E-state index contributed by atoms with van der Waals surface area (Å²) in [5.74, 6) is 0.828. The van der Waals surface area contributed by atoms with Gasteiger partial charge in [0.1, 0.15) is 5.82 Å². The Hall–Kier alpha value is -2.10. The quantitative estimate of drug-likeness (QED) is 0.864. The summed E-state index contributed by atoms with van der Waals surface area (Å²) in [6, 6.07) is 6.02. The lowest BCUT2D eigenvalue weighted by Gasteiger charge is -2.09. The van der Waals surface area contributed by atoms with Gasteiger partial charge >= 0.3 is 0 Å². The fourth-order valence-corrected chi connectivity index (χ4v) is 1.79. The number of nitrogens with two attached hydrogens (primary N) is 1. The lowest BCUT2D eigenvalue weighted by Crippen LogP contribution is -2.06. The Balaban J connectivity index is 2.09. The maximum Gasteiger partial charge on any atom is 0.126 e. The first-order chi connectivity index (χ1) is 8.70. The molecule has 2 heterocycles. The summed E-state index contributed by atoms with van der Waals surface area (Å²) in [6.07, 6.45) is 4.48. The molecular weight excluding hydrogens is 224 g/mol. The number of anilines is 2. The summed E-state index contributed by atoms with van der Waals surface area (Å²) in [6.45, 7) is 4.78. The fraction of sp³-hybridized carbons (Fsp3) is 0.286. The number of hydrogen-bond donors (Lipinski definition) is 2. The van der Waals surface area contributed by atoms with Gasteiger partial charge in [0.05, 0.1) is 24.1 Å². The fourth-order valence-electron chi connectivity index (χ4n) is 1.79. The molecule has 94 valence electrons. The van der Waals surface area contributed by atoms with Gasteiger partial charge in [-0.25, -0.2) is 4.98 Å². The Kier molecular flexibility index (Phi) is 3.77. The van der Waals surface area contributed by atoms with E-state index < -0.39 is 0 Å². The van der Waals surface area contributed by atoms with E-state index in [1.807, 2.05) is 25.3 Å². The Morgan fingerprint density at radius 1 is 1.33 bits per heavy atom. The van der Waals surface area contributed by atoms with Gasteiger partial charge in [-0.05, 0) is 36.6 Å². The van der Waals surface area contributed by atoms with Crippen LogP contribution in [0.2, 0.25) is 0 Å². The molecule has 0 atom stereocenters. The third-order valence-electron chi connectivity index (χ3n) is 2.95. The zero-order valence-electron chi connectivity index (χ0n) is 10.8. The Labute approximate surface area is 107 Å². The topological polar surface area (TPSA) is 63.8 Å². The van der Waals surface area contributed by atoms with Gasteiger partial charge in [0, 0.05) is 6.20 Å². The molecule has 0 unspecified atom stereocenters. The molecule has 0 radical (unpaired) electrons. The van der Waals surface area contributed by atoms with Gasteiger partial charge in [0.2, 0.25) is 0 Å². The van der Waals surface area contributed by atoms with E-state index in [1.165, 1.54) is 5.56 Å². The van der Waals surface area contributed by atoms with Crippen molar-refractivity contribution in [2.75, 3.05) is 11.1 Å². The van der Waals surface area contributed by atoms with Gasteiger partial charge in [-0.1, -0.05) is 13.0 Å². The highest BCUT2D eigenvalue weighted by molar-refractivity contribution is 5.51. The van der Waals surface area contributed by atoms with Crippen molar-refractivity contribution in [3.8, 4) is 0 Å². The summed E-state index contributed by atoms with van der Waals surface area (Å²) in [4.78, 5) is 8.64. The molecule has 0 aliphatic carbocycles. The number of nitrogen functional groups attached to an aromatic ring is 1. The number of hydrogen-bond acceptors (Lipinski definition) is 4. The van der Waals surface area contributed by atoms with Crippen LogP contribution in [0, 0.1) is 6.92 Å². The van der Waals surface area contributed by atoms with Crippen LogP contribution in [0.25, 0.3) is 0 Å². The molecule has 0 fully saturated rings. The molecule has 4 heteroatoms. The van der Waals surface area contributed by atoms with E-state index >= 15 is 0 Å². The zero-order valence-corrected chi connectivity index (χ0v) is 10.8. The number of rotatable bonds is 4. The highest BCUT2D eigenvalue weighted by atomic mass is 15.0. The summed E-state index contributed by atoms with van der Waals surface area (Å²) in [5, 5.41) is 3.27. The van der Waals surface area contributed by atoms with E-state index in [0.717, 1.165) is 23.5 Å². The zero-order chi connectivity index (χ0) is 13.0. The van der Waals surface area contributed by atoms with Crippen LogP contribution in [0.3, 0.4) is 0 Å². The summed E-state index contributed by atoms with van der Waals surface area (Å²) in [5.41, 5.74) is 9.81. The predicted octanol–water partition coefficient (Wildman–Crippen LogP) is 2.54. The standard InChI is InChI=1S/C14H18N4/c1-3-11-5-4-6-16-13(11)9-18-14-7-10(2)12(15)8-17-14/h4-8H,3,9,15H2,1-2H3,(H,17,18). The van der Waals surface area contributed by atoms with Gasteiger partial charge in [0.15, 0.2) is 0 Å². The van der Waals surface area contributed by atoms with E-state index in [4.69, 9.17) is 5.73 Å². The van der Waals surface area contributed by atoms with Crippen LogP contribution in [-0.2, 0) is 13.0 Å². The number of aryl methyl sites for hydroxylation is 2. The smallest absolute Gasteiger partial charge is 0.126 e. The van der Waals surface area contributed by atoms with Gasteiger partial charge in [-0.3, -0.25) is 4.98 Å². The van der Waals surface area contributed by atoms with E-state index in [1.54, 1.807) is 6.20 Å². The van der Waals surface area contributed by atoms with Gasteiger partial charge in [-0.15, -0.1) is 0 Å². The van der Waals surface area contributed by atoms with Crippen LogP contribution in [0.1, 0.15) is 23.7 Å². The van der Waals surface area contributed by atoms with Crippen molar-refractivity contribution in [1.82, 2.24) is 9.97 Å². The second-order valence-corrected chi connectivity index (χ2v) is 4.24. The minimum Gasteiger partial charge on any atom is -0.397 e. The van der Waals surface area contributed by atoms with Gasteiger partial charge in [-0.2, -0.15) is 0 Å². The molecule has 3 N–H and O–H groups in total. The van der Waals surface area contributed by atoms with Crippen LogP contribution in [-0.4, -0.2) is 9.97 Å². The minimum atomic E-state index is 0.681. The highest BCUT2D eigenvalue weighted by Crippen LogP contribution is 2.14. The molecule has 0 saturated heterocycles. The average molecular weight is 242 g/mol. The molecular formula is C14H18N4. The summed E-state index contributed by atoms with van der Waals surface area (Å²) in [7, 11) is 0. The van der Waals surface area contributed by atoms with Crippen LogP contribution in [0.15, 0.2) is 30.6 Å². The maximum absolute atomic E-state index is 5.74. The first kappa shape index (κ1) is 12.4. The number of nitrogens with one attached hydrogen (secondary N) is 1. The molecule has 2 aromatic rings. The van der Waals surface area contributed by atoms with E-state index in [-0.39, 0.29) is 0 Å². The van der Waals surface area contributed by atoms with Gasteiger partial charge < -0.3 is 11.1 Å². The molecule has 0 aromatic carbocycles. The number of aromatic nitrogens is 2. The lowest BCUT2D eigenvalue weighted by molar-refractivity contribution is 0.964. The monoisotopic (exact) mass is 242 g/mol. The molecule has 2 rings (SSSR count). The Bertz CT molecular complexity index is 537. The molecule has 0 aliphatic rings. The van der Waals surface area contributed by atoms with Crippen molar-refractivity contribution in [1.29, 1.82) is 0 Å². The highest BCUT2D eigenvalue weighted by Gasteiger charge is 2.02. The van der Waals surface area contributed by atoms with Crippen LogP contribution in [0.4, 0.5) is 11.5 Å². The van der Waals surface area contributed by atoms with Crippen molar-refractivity contribution >= 4 is 11.5 Å². The van der Waals surface area contributed by atoms with Crippen molar-refractivity contribution in [2.45, 2.75) is 26.8 Å². The third kappa shape index (κ3) is 2.77. The normalized spacial score (nSPS) is 10.3. The Morgan fingerprint density at radius 2 is 2.17 bits per heavy atom. The SMILES string of the molecule is CCc1cccnc1CNc1cc(C)c(N)cn1. The van der Waals surface area contributed by atoms with E-state index in [2.05, 4.69) is 28.3 Å². The summed E-state index contributed by atoms with van der Waals surface area (Å²) >= 11 is 0. The van der Waals surface area contributed by atoms with Crippen LogP contribution >= 0.6 is 0 Å². The largest absolute Gasteiger partial charge is 0.397 e. The van der Waals surface area contributed by atoms with Gasteiger partial charge in [0.25, 0.3) is 0 Å². The van der Waals surface area contributed by atoms with Crippen LogP contribution in [0.5, 0.6) is 0 Å². The average Bonchev–Trinajstić information content (AvgIpc) is 2.40. The second kappa shape index (κ2) is 5.49. The first-order valence-electron chi connectivity index (χ1n) is 6.09. The minimum absolute atomic E-state index is 0.681.